The van der Waals surface area contributed by atoms with Crippen LogP contribution in [0.2, 0.25) is 0 Å². The van der Waals surface area contributed by atoms with Crippen LogP contribution in [-0.4, -0.2) is 27.4 Å². The second-order valence-electron chi connectivity index (χ2n) is 11.4. The molecule has 0 N–H and O–H groups in total. The van der Waals surface area contributed by atoms with Gasteiger partial charge in [-0.2, -0.15) is 0 Å². The fraction of sp³-hybridized carbons (Fsp3) is 0.273. The van der Waals surface area contributed by atoms with Crippen LogP contribution in [0.5, 0.6) is 0 Å². The molecular formula is C33H34N6O6. The van der Waals surface area contributed by atoms with E-state index in [1.807, 2.05) is 48.5 Å². The van der Waals surface area contributed by atoms with E-state index in [1.54, 1.807) is 27.0 Å². The topological polar surface area (TPSA) is 132 Å². The Balaban J connectivity index is 1.34. The van der Waals surface area contributed by atoms with Gasteiger partial charge >= 0.3 is 17.1 Å². The number of hydrogen-bond donors (Lipinski definition) is 0. The monoisotopic (exact) mass is 610 g/mol. The van der Waals surface area contributed by atoms with E-state index in [1.165, 1.54) is 44.5 Å². The Kier molecular flexibility index (Phi) is 8.40. The van der Waals surface area contributed by atoms with Crippen molar-refractivity contribution in [3.8, 4) is 0 Å². The van der Waals surface area contributed by atoms with Crippen molar-refractivity contribution >= 4 is 0 Å². The first-order valence-corrected chi connectivity index (χ1v) is 14.4. The summed E-state index contributed by atoms with van der Waals surface area (Å²) in [5, 5.41) is 0. The smallest absolute Gasteiger partial charge is 0.296 e. The van der Waals surface area contributed by atoms with Crippen LogP contribution in [0, 0.1) is 20.8 Å². The van der Waals surface area contributed by atoms with E-state index >= 15 is 0 Å². The third-order valence-corrected chi connectivity index (χ3v) is 8.04. The molecule has 12 nitrogen and oxygen atoms in total. The lowest BCUT2D eigenvalue weighted by molar-refractivity contribution is 0.604. The van der Waals surface area contributed by atoms with Gasteiger partial charge in [-0.1, -0.05) is 48.5 Å². The van der Waals surface area contributed by atoms with Gasteiger partial charge in [0.25, 0.3) is 16.7 Å². The predicted octanol–water partition coefficient (Wildman–Crippen LogP) is 0.849. The highest BCUT2D eigenvalue weighted by Crippen LogP contribution is 2.10. The molecule has 0 saturated heterocycles. The molecule has 3 heterocycles. The van der Waals surface area contributed by atoms with E-state index in [2.05, 4.69) is 0 Å². The fourth-order valence-corrected chi connectivity index (χ4v) is 5.24. The van der Waals surface area contributed by atoms with Gasteiger partial charge in [0.15, 0.2) is 0 Å². The van der Waals surface area contributed by atoms with Crippen LogP contribution in [0.25, 0.3) is 0 Å². The Morgan fingerprint density at radius 3 is 1.24 bits per heavy atom. The average molecular weight is 611 g/mol. The molecule has 5 rings (SSSR count). The van der Waals surface area contributed by atoms with Crippen molar-refractivity contribution in [1.82, 2.24) is 27.4 Å². The molecule has 45 heavy (non-hydrogen) atoms. The van der Waals surface area contributed by atoms with Crippen molar-refractivity contribution < 1.29 is 0 Å². The van der Waals surface area contributed by atoms with Crippen LogP contribution in [0.15, 0.2) is 95.6 Å². The molecule has 2 aromatic carbocycles. The maximum absolute atomic E-state index is 13.4. The first kappa shape index (κ1) is 30.9. The summed E-state index contributed by atoms with van der Waals surface area (Å²) < 4.78 is 7.87. The van der Waals surface area contributed by atoms with Crippen LogP contribution < -0.4 is 33.7 Å². The third-order valence-electron chi connectivity index (χ3n) is 8.04. The molecule has 0 unspecified atom stereocenters. The summed E-state index contributed by atoms with van der Waals surface area (Å²) in [7, 11) is 2.88. The van der Waals surface area contributed by atoms with Gasteiger partial charge in [-0.05, 0) is 43.0 Å². The Bertz CT molecular complexity index is 2280. The Hall–Kier alpha value is -5.52. The molecule has 0 aliphatic carbocycles. The lowest BCUT2D eigenvalue weighted by Crippen LogP contribution is -2.41. The van der Waals surface area contributed by atoms with Crippen LogP contribution >= 0.6 is 0 Å². The SMILES string of the molecule is Cc1cn(Cc2ccc(Cn3c(C)cc(=O)n(C)c3=O)cc2)c(=O)n(Cc2ccc(Cn3c(C)cc(=O)n(C)c3=O)cc2)c1=O. The summed E-state index contributed by atoms with van der Waals surface area (Å²) in [6.07, 6.45) is 1.55. The Morgan fingerprint density at radius 1 is 0.489 bits per heavy atom. The highest BCUT2D eigenvalue weighted by Gasteiger charge is 2.12. The van der Waals surface area contributed by atoms with Crippen molar-refractivity contribution in [2.75, 3.05) is 0 Å². The normalized spacial score (nSPS) is 11.2. The molecule has 5 aromatic rings. The van der Waals surface area contributed by atoms with Gasteiger partial charge in [0.1, 0.15) is 0 Å². The number of rotatable bonds is 8. The molecule has 0 spiro atoms. The van der Waals surface area contributed by atoms with Crippen molar-refractivity contribution in [1.29, 1.82) is 0 Å². The first-order chi connectivity index (χ1) is 21.3. The lowest BCUT2D eigenvalue weighted by Gasteiger charge is -2.14. The zero-order valence-corrected chi connectivity index (χ0v) is 25.8. The standard InChI is InChI=1S/C33H34N6O6/c1-21-16-36(17-24-6-8-25(9-7-24)18-37-22(2)14-28(40)34(4)31(37)43)33(45)39(30(21)42)20-27-12-10-26(11-13-27)19-38-23(3)15-29(41)35(5)32(38)44/h6-16H,17-20H2,1-5H3. The van der Waals surface area contributed by atoms with Gasteiger partial charge in [0, 0.05) is 49.4 Å². The fourth-order valence-electron chi connectivity index (χ4n) is 5.24. The minimum Gasteiger partial charge on any atom is -0.296 e. The van der Waals surface area contributed by atoms with Gasteiger partial charge in [0.05, 0.1) is 26.2 Å². The minimum absolute atomic E-state index is 0.0745. The first-order valence-electron chi connectivity index (χ1n) is 14.4. The van der Waals surface area contributed by atoms with Gasteiger partial charge in [-0.25, -0.2) is 14.4 Å². The van der Waals surface area contributed by atoms with E-state index in [9.17, 15) is 28.8 Å². The van der Waals surface area contributed by atoms with Crippen molar-refractivity contribution in [3.63, 3.8) is 0 Å². The van der Waals surface area contributed by atoms with Gasteiger partial charge in [0.2, 0.25) is 0 Å². The Labute approximate surface area is 256 Å². The van der Waals surface area contributed by atoms with E-state index in [0.29, 0.717) is 23.5 Å². The highest BCUT2D eigenvalue weighted by molar-refractivity contribution is 5.25. The summed E-state index contributed by atoms with van der Waals surface area (Å²) >= 11 is 0. The molecule has 0 fully saturated rings. The van der Waals surface area contributed by atoms with Crippen molar-refractivity contribution in [2.24, 2.45) is 14.1 Å². The van der Waals surface area contributed by atoms with E-state index in [4.69, 9.17) is 0 Å². The number of nitrogens with zero attached hydrogens (tertiary/aromatic N) is 6. The minimum atomic E-state index is -0.446. The second kappa shape index (κ2) is 12.2. The zero-order chi connectivity index (χ0) is 32.6. The number of aromatic nitrogens is 6. The highest BCUT2D eigenvalue weighted by atomic mass is 16.2. The van der Waals surface area contributed by atoms with Gasteiger partial charge in [-0.3, -0.25) is 41.8 Å². The quantitative estimate of drug-likeness (QED) is 0.256. The lowest BCUT2D eigenvalue weighted by atomic mass is 10.1. The van der Waals surface area contributed by atoms with Crippen LogP contribution in [0.4, 0.5) is 0 Å². The van der Waals surface area contributed by atoms with Gasteiger partial charge in [-0.15, -0.1) is 0 Å². The summed E-state index contributed by atoms with van der Waals surface area (Å²) in [6.45, 7) is 5.98. The van der Waals surface area contributed by atoms with E-state index < -0.39 is 17.1 Å². The second-order valence-corrected chi connectivity index (χ2v) is 11.4. The van der Waals surface area contributed by atoms with Crippen molar-refractivity contribution in [3.05, 3.63) is 169 Å². The molecule has 0 saturated carbocycles. The molecule has 0 bridgehead atoms. The average Bonchev–Trinajstić information content (AvgIpc) is 3.01. The maximum atomic E-state index is 13.4. The maximum Gasteiger partial charge on any atom is 0.331 e. The molecule has 12 heteroatoms. The predicted molar refractivity (Wildman–Crippen MR) is 170 cm³/mol. The molecule has 232 valence electrons. The third kappa shape index (κ3) is 6.26. The molecule has 0 atom stereocenters. The van der Waals surface area contributed by atoms with Gasteiger partial charge < -0.3 is 0 Å². The summed E-state index contributed by atoms with van der Waals surface area (Å²) in [5.41, 5.74) is 2.50. The molecule has 0 amide bonds. The molecule has 0 aliphatic rings. The van der Waals surface area contributed by atoms with Crippen molar-refractivity contribution in [2.45, 2.75) is 47.0 Å². The zero-order valence-electron chi connectivity index (χ0n) is 25.8. The summed E-state index contributed by atoms with van der Waals surface area (Å²) in [5.74, 6) is 0. The van der Waals surface area contributed by atoms with Crippen LogP contribution in [0.3, 0.4) is 0 Å². The molecular weight excluding hydrogens is 576 g/mol. The number of aryl methyl sites for hydroxylation is 3. The van der Waals surface area contributed by atoms with E-state index in [0.717, 1.165) is 31.4 Å². The summed E-state index contributed by atoms with van der Waals surface area (Å²) in [6, 6.07) is 17.6. The van der Waals surface area contributed by atoms with Crippen LogP contribution in [0.1, 0.15) is 39.2 Å². The van der Waals surface area contributed by atoms with E-state index in [-0.39, 0.29) is 36.3 Å². The molecule has 0 radical (unpaired) electrons. The summed E-state index contributed by atoms with van der Waals surface area (Å²) in [4.78, 5) is 75.3. The molecule has 3 aromatic heterocycles. The number of hydrogen-bond acceptors (Lipinski definition) is 6. The Morgan fingerprint density at radius 2 is 0.844 bits per heavy atom. The van der Waals surface area contributed by atoms with Crippen LogP contribution in [-0.2, 0) is 40.3 Å². The molecule has 0 aliphatic heterocycles. The largest absolute Gasteiger partial charge is 0.331 e. The number of benzene rings is 2.